The standard InChI is InChI=1S/C19H25N3O4/c1-2-20-17(24)13-5-3-7-15(9-13)21-16(23)11-22-10-14-6-4-8-19(14,12-22)18(25)26/h3,5,7,9,14H,2,4,6,8,10-12H2,1H3,(H,20,24)(H,21,23)(H,25,26)/t14-,19+/m0/s1. The van der Waals surface area contributed by atoms with E-state index in [-0.39, 0.29) is 24.3 Å². The van der Waals surface area contributed by atoms with Gasteiger partial charge in [0.15, 0.2) is 0 Å². The summed E-state index contributed by atoms with van der Waals surface area (Å²) in [5.74, 6) is -0.982. The van der Waals surface area contributed by atoms with E-state index in [0.29, 0.717) is 37.3 Å². The van der Waals surface area contributed by atoms with Gasteiger partial charge in [0.2, 0.25) is 5.91 Å². The van der Waals surface area contributed by atoms with Crippen LogP contribution in [0.4, 0.5) is 5.69 Å². The molecule has 1 aliphatic heterocycles. The number of amides is 2. The molecule has 2 amide bonds. The zero-order valence-corrected chi connectivity index (χ0v) is 15.0. The van der Waals surface area contributed by atoms with Crippen LogP contribution in [0.15, 0.2) is 24.3 Å². The van der Waals surface area contributed by atoms with E-state index in [9.17, 15) is 19.5 Å². The Bertz CT molecular complexity index is 720. The summed E-state index contributed by atoms with van der Waals surface area (Å²) in [7, 11) is 0. The number of fused-ring (bicyclic) bond motifs is 1. The van der Waals surface area contributed by atoms with Crippen molar-refractivity contribution in [3.8, 4) is 0 Å². The van der Waals surface area contributed by atoms with Crippen molar-refractivity contribution >= 4 is 23.5 Å². The van der Waals surface area contributed by atoms with Gasteiger partial charge >= 0.3 is 5.97 Å². The van der Waals surface area contributed by atoms with Crippen LogP contribution in [0.25, 0.3) is 0 Å². The number of likely N-dealkylation sites (tertiary alicyclic amines) is 1. The number of anilines is 1. The minimum Gasteiger partial charge on any atom is -0.481 e. The Morgan fingerprint density at radius 3 is 2.85 bits per heavy atom. The highest BCUT2D eigenvalue weighted by Gasteiger charge is 2.54. The molecule has 7 heteroatoms. The van der Waals surface area contributed by atoms with Crippen LogP contribution in [-0.2, 0) is 9.59 Å². The molecular formula is C19H25N3O4. The van der Waals surface area contributed by atoms with Crippen molar-refractivity contribution in [2.45, 2.75) is 26.2 Å². The van der Waals surface area contributed by atoms with Crippen molar-refractivity contribution in [1.29, 1.82) is 0 Å². The molecule has 26 heavy (non-hydrogen) atoms. The topological polar surface area (TPSA) is 98.7 Å². The van der Waals surface area contributed by atoms with Gasteiger partial charge in [0.1, 0.15) is 0 Å². The van der Waals surface area contributed by atoms with Crippen LogP contribution in [0.5, 0.6) is 0 Å². The van der Waals surface area contributed by atoms with Crippen LogP contribution < -0.4 is 10.6 Å². The molecule has 0 spiro atoms. The van der Waals surface area contributed by atoms with Crippen molar-refractivity contribution in [2.24, 2.45) is 11.3 Å². The molecule has 0 radical (unpaired) electrons. The van der Waals surface area contributed by atoms with Crippen LogP contribution in [0.3, 0.4) is 0 Å². The molecule has 7 nitrogen and oxygen atoms in total. The van der Waals surface area contributed by atoms with Crippen LogP contribution in [0.2, 0.25) is 0 Å². The lowest BCUT2D eigenvalue weighted by Gasteiger charge is -2.23. The Labute approximate surface area is 152 Å². The largest absolute Gasteiger partial charge is 0.481 e. The molecule has 2 aliphatic rings. The Morgan fingerprint density at radius 2 is 2.15 bits per heavy atom. The predicted molar refractivity (Wildman–Crippen MR) is 96.9 cm³/mol. The summed E-state index contributed by atoms with van der Waals surface area (Å²) >= 11 is 0. The van der Waals surface area contributed by atoms with Gasteiger partial charge in [0.05, 0.1) is 12.0 Å². The van der Waals surface area contributed by atoms with Gasteiger partial charge in [-0.3, -0.25) is 19.3 Å². The Hall–Kier alpha value is -2.41. The molecule has 1 aliphatic carbocycles. The van der Waals surface area contributed by atoms with Gasteiger partial charge in [-0.2, -0.15) is 0 Å². The van der Waals surface area contributed by atoms with Crippen molar-refractivity contribution < 1.29 is 19.5 Å². The van der Waals surface area contributed by atoms with E-state index in [0.717, 1.165) is 12.8 Å². The lowest BCUT2D eigenvalue weighted by atomic mass is 9.81. The number of hydrogen-bond acceptors (Lipinski definition) is 4. The monoisotopic (exact) mass is 359 g/mol. The molecule has 0 bridgehead atoms. The van der Waals surface area contributed by atoms with Gasteiger partial charge in [0, 0.05) is 30.9 Å². The third-order valence-corrected chi connectivity index (χ3v) is 5.48. The summed E-state index contributed by atoms with van der Waals surface area (Å²) in [6, 6.07) is 6.79. The smallest absolute Gasteiger partial charge is 0.311 e. The van der Waals surface area contributed by atoms with Gasteiger partial charge in [-0.25, -0.2) is 0 Å². The Morgan fingerprint density at radius 1 is 1.35 bits per heavy atom. The van der Waals surface area contributed by atoms with E-state index >= 15 is 0 Å². The van der Waals surface area contributed by atoms with E-state index < -0.39 is 11.4 Å². The minimum atomic E-state index is -0.738. The number of nitrogens with one attached hydrogen (secondary N) is 2. The van der Waals surface area contributed by atoms with Crippen molar-refractivity contribution in [2.75, 3.05) is 31.5 Å². The first-order valence-corrected chi connectivity index (χ1v) is 9.08. The highest BCUT2D eigenvalue weighted by molar-refractivity contribution is 5.97. The fourth-order valence-corrected chi connectivity index (χ4v) is 4.27. The molecule has 1 saturated carbocycles. The van der Waals surface area contributed by atoms with Gasteiger partial charge in [0.25, 0.3) is 5.91 Å². The van der Waals surface area contributed by atoms with Crippen LogP contribution in [0.1, 0.15) is 36.5 Å². The molecule has 1 aromatic carbocycles. The number of hydrogen-bond donors (Lipinski definition) is 3. The first-order valence-electron chi connectivity index (χ1n) is 9.08. The van der Waals surface area contributed by atoms with Crippen LogP contribution in [-0.4, -0.2) is 54.0 Å². The number of nitrogens with zero attached hydrogens (tertiary/aromatic N) is 1. The second-order valence-corrected chi connectivity index (χ2v) is 7.21. The lowest BCUT2D eigenvalue weighted by Crippen LogP contribution is -2.37. The molecule has 3 rings (SSSR count). The average molecular weight is 359 g/mol. The maximum Gasteiger partial charge on any atom is 0.311 e. The number of aliphatic carboxylic acids is 1. The SMILES string of the molecule is CCNC(=O)c1cccc(NC(=O)CN2C[C@@H]3CCC[C@@]3(C(=O)O)C2)c1. The zero-order chi connectivity index (χ0) is 18.7. The average Bonchev–Trinajstić information content (AvgIpc) is 3.13. The third-order valence-electron chi connectivity index (χ3n) is 5.48. The predicted octanol–water partition coefficient (Wildman–Crippen LogP) is 1.56. The van der Waals surface area contributed by atoms with E-state index in [1.54, 1.807) is 24.3 Å². The summed E-state index contributed by atoms with van der Waals surface area (Å²) in [5, 5.41) is 15.2. The van der Waals surface area contributed by atoms with E-state index in [1.165, 1.54) is 0 Å². The highest BCUT2D eigenvalue weighted by atomic mass is 16.4. The molecule has 0 unspecified atom stereocenters. The summed E-state index contributed by atoms with van der Waals surface area (Å²) in [6.45, 7) is 3.63. The molecule has 3 N–H and O–H groups in total. The van der Waals surface area contributed by atoms with Crippen molar-refractivity contribution in [3.63, 3.8) is 0 Å². The maximum atomic E-state index is 12.4. The van der Waals surface area contributed by atoms with Gasteiger partial charge in [-0.1, -0.05) is 12.5 Å². The molecule has 2 atom stereocenters. The normalized spacial score (nSPS) is 24.9. The lowest BCUT2D eigenvalue weighted by molar-refractivity contribution is -0.149. The number of benzene rings is 1. The summed E-state index contributed by atoms with van der Waals surface area (Å²) < 4.78 is 0. The minimum absolute atomic E-state index is 0.133. The van der Waals surface area contributed by atoms with Crippen LogP contribution >= 0.6 is 0 Å². The number of carboxylic acids is 1. The maximum absolute atomic E-state index is 12.4. The molecule has 1 aromatic rings. The Kier molecular flexibility index (Phi) is 5.27. The number of rotatable bonds is 6. The number of carboxylic acid groups (broad SMARTS) is 1. The molecule has 1 saturated heterocycles. The highest BCUT2D eigenvalue weighted by Crippen LogP contribution is 2.48. The quantitative estimate of drug-likeness (QED) is 0.716. The Balaban J connectivity index is 1.59. The van der Waals surface area contributed by atoms with Crippen LogP contribution in [0, 0.1) is 11.3 Å². The van der Waals surface area contributed by atoms with E-state index in [4.69, 9.17) is 0 Å². The van der Waals surface area contributed by atoms with E-state index in [1.807, 2.05) is 11.8 Å². The second kappa shape index (κ2) is 7.45. The molecule has 140 valence electrons. The first kappa shape index (κ1) is 18.4. The van der Waals surface area contributed by atoms with Gasteiger partial charge in [-0.15, -0.1) is 0 Å². The summed E-state index contributed by atoms with van der Waals surface area (Å²) in [5.41, 5.74) is 0.370. The molecular weight excluding hydrogens is 334 g/mol. The van der Waals surface area contributed by atoms with Gasteiger partial charge in [-0.05, 0) is 43.9 Å². The number of carbonyl (C=O) groups is 3. The van der Waals surface area contributed by atoms with Crippen molar-refractivity contribution in [1.82, 2.24) is 10.2 Å². The number of carbonyl (C=O) groups excluding carboxylic acids is 2. The molecule has 2 fully saturated rings. The van der Waals surface area contributed by atoms with E-state index in [2.05, 4.69) is 10.6 Å². The van der Waals surface area contributed by atoms with Crippen molar-refractivity contribution in [3.05, 3.63) is 29.8 Å². The first-order chi connectivity index (χ1) is 12.4. The summed E-state index contributed by atoms with van der Waals surface area (Å²) in [4.78, 5) is 37.9. The molecule has 1 heterocycles. The second-order valence-electron chi connectivity index (χ2n) is 7.21. The van der Waals surface area contributed by atoms with Gasteiger partial charge < -0.3 is 15.7 Å². The molecule has 0 aromatic heterocycles. The summed E-state index contributed by atoms with van der Waals surface area (Å²) in [6.07, 6.45) is 2.56. The fraction of sp³-hybridized carbons (Fsp3) is 0.526. The third kappa shape index (κ3) is 3.58. The fourth-order valence-electron chi connectivity index (χ4n) is 4.27. The zero-order valence-electron chi connectivity index (χ0n) is 15.0.